The topological polar surface area (TPSA) is 14.2 Å². The van der Waals surface area contributed by atoms with Crippen LogP contribution in [0.5, 0.6) is 5.75 Å². The number of ether oxygens (including phenoxy) is 1. The zero-order valence-corrected chi connectivity index (χ0v) is 19.8. The van der Waals surface area contributed by atoms with E-state index in [1.54, 1.807) is 5.03 Å². The zero-order valence-electron chi connectivity index (χ0n) is 18.1. The van der Waals surface area contributed by atoms with Crippen LogP contribution in [0.4, 0.5) is 0 Å². The van der Waals surface area contributed by atoms with Gasteiger partial charge in [-0.25, -0.2) is 20.1 Å². The van der Waals surface area contributed by atoms with Crippen LogP contribution in [-0.2, 0) is 7.05 Å². The third-order valence-corrected chi connectivity index (χ3v) is 15.7. The molecular formula is C22H39NOS2. The van der Waals surface area contributed by atoms with Gasteiger partial charge in [0.05, 0.1) is 12.1 Å². The first kappa shape index (κ1) is 21.6. The van der Waals surface area contributed by atoms with Gasteiger partial charge in [-0.05, 0) is 52.7 Å². The molecule has 1 heterocycles. The maximum Gasteiger partial charge on any atom is 0.131 e. The van der Waals surface area contributed by atoms with E-state index in [2.05, 4.69) is 71.4 Å². The van der Waals surface area contributed by atoms with Crippen LogP contribution >= 0.6 is 20.1 Å². The summed E-state index contributed by atoms with van der Waals surface area (Å²) < 4.78 is 8.39. The summed E-state index contributed by atoms with van der Waals surface area (Å²) in [7, 11) is 2.56. The average Bonchev–Trinajstić information content (AvgIpc) is 3.01. The number of hydrogen-bond donors (Lipinski definition) is 0. The van der Waals surface area contributed by atoms with Crippen LogP contribution < -0.4 is 4.74 Å². The molecule has 150 valence electrons. The standard InChI is InChI=1S/C22H39NOS2/c1-9-25(10-2,11-3)21-17-19-18(15-20(21)24-8)16-22(23(19)7)26(12-4,13-5)14-6/h15-17H,9-14H2,1-8H3. The number of nitrogens with zero attached hydrogens (tertiary/aromatic N) is 1. The van der Waals surface area contributed by atoms with E-state index in [9.17, 15) is 0 Å². The summed E-state index contributed by atoms with van der Waals surface area (Å²) in [6.07, 6.45) is 0. The number of rotatable bonds is 9. The number of hydrogen-bond acceptors (Lipinski definition) is 1. The molecule has 26 heavy (non-hydrogen) atoms. The van der Waals surface area contributed by atoms with Crippen molar-refractivity contribution >= 4 is 31.0 Å². The molecule has 2 nitrogen and oxygen atoms in total. The molecule has 0 aliphatic heterocycles. The van der Waals surface area contributed by atoms with Gasteiger partial charge in [0.1, 0.15) is 5.75 Å². The maximum atomic E-state index is 5.90. The fourth-order valence-corrected chi connectivity index (χ4v) is 10.6. The van der Waals surface area contributed by atoms with E-state index in [-0.39, 0.29) is 0 Å². The quantitative estimate of drug-likeness (QED) is 0.463. The third-order valence-electron chi connectivity index (χ3n) is 6.51. The Labute approximate surface area is 164 Å². The van der Waals surface area contributed by atoms with Crippen molar-refractivity contribution < 1.29 is 4.74 Å². The smallest absolute Gasteiger partial charge is 0.131 e. The highest BCUT2D eigenvalue weighted by molar-refractivity contribution is 8.34. The molecule has 0 amide bonds. The lowest BCUT2D eigenvalue weighted by Crippen LogP contribution is -2.13. The molecule has 0 saturated heterocycles. The van der Waals surface area contributed by atoms with Crippen molar-refractivity contribution in [1.29, 1.82) is 0 Å². The molecule has 0 saturated carbocycles. The van der Waals surface area contributed by atoms with Gasteiger partial charge in [0.25, 0.3) is 0 Å². The van der Waals surface area contributed by atoms with E-state index in [0.717, 1.165) is 5.75 Å². The maximum absolute atomic E-state index is 5.90. The Morgan fingerprint density at radius 2 is 1.27 bits per heavy atom. The van der Waals surface area contributed by atoms with Crippen LogP contribution in [0.3, 0.4) is 0 Å². The Kier molecular flexibility index (Phi) is 7.06. The van der Waals surface area contributed by atoms with E-state index >= 15 is 0 Å². The molecule has 0 atom stereocenters. The normalized spacial score (nSPS) is 14.0. The third kappa shape index (κ3) is 3.28. The lowest BCUT2D eigenvalue weighted by molar-refractivity contribution is 0.405. The second kappa shape index (κ2) is 8.52. The van der Waals surface area contributed by atoms with E-state index in [4.69, 9.17) is 4.74 Å². The van der Waals surface area contributed by atoms with Crippen LogP contribution in [-0.4, -0.2) is 46.2 Å². The fraction of sp³-hybridized carbons (Fsp3) is 0.636. The lowest BCUT2D eigenvalue weighted by atomic mass is 10.2. The number of aryl methyl sites for hydroxylation is 1. The van der Waals surface area contributed by atoms with Gasteiger partial charge in [-0.3, -0.25) is 0 Å². The molecule has 1 aromatic carbocycles. The zero-order chi connectivity index (χ0) is 19.5. The van der Waals surface area contributed by atoms with Gasteiger partial charge >= 0.3 is 0 Å². The van der Waals surface area contributed by atoms with Gasteiger partial charge in [-0.2, -0.15) is 0 Å². The summed E-state index contributed by atoms with van der Waals surface area (Å²) in [6.45, 7) is 14.2. The SMILES string of the molecule is CCS(CC)(CC)c1cc2c(cc1OC)cc(S(CC)(CC)CC)n2C. The monoisotopic (exact) mass is 397 g/mol. The lowest BCUT2D eigenvalue weighted by Gasteiger charge is -2.39. The Bertz CT molecular complexity index is 726. The van der Waals surface area contributed by atoms with Gasteiger partial charge in [-0.15, -0.1) is 0 Å². The van der Waals surface area contributed by atoms with E-state index < -0.39 is 20.1 Å². The summed E-state index contributed by atoms with van der Waals surface area (Å²) >= 11 is 0. The Morgan fingerprint density at radius 1 is 0.769 bits per heavy atom. The summed E-state index contributed by atoms with van der Waals surface area (Å²) in [5.74, 6) is 8.58. The minimum atomic E-state index is -0.814. The first-order valence-corrected chi connectivity index (χ1v) is 14.4. The predicted octanol–water partition coefficient (Wildman–Crippen LogP) is 6.63. The number of fused-ring (bicyclic) bond motifs is 1. The van der Waals surface area contributed by atoms with E-state index in [0.29, 0.717) is 0 Å². The molecule has 1 aromatic heterocycles. The second-order valence-electron chi connectivity index (χ2n) is 6.93. The summed E-state index contributed by atoms with van der Waals surface area (Å²) in [5, 5.41) is 2.90. The van der Waals surface area contributed by atoms with Crippen LogP contribution in [0.2, 0.25) is 0 Å². The van der Waals surface area contributed by atoms with Crippen LogP contribution in [0.15, 0.2) is 28.1 Å². The van der Waals surface area contributed by atoms with Crippen molar-refractivity contribution in [2.24, 2.45) is 7.05 Å². The Balaban J connectivity index is 2.79. The van der Waals surface area contributed by atoms with Crippen molar-refractivity contribution in [3.8, 4) is 5.75 Å². The summed E-state index contributed by atoms with van der Waals surface area (Å²) in [5.41, 5.74) is 1.38. The number of benzene rings is 1. The van der Waals surface area contributed by atoms with Crippen molar-refractivity contribution in [2.45, 2.75) is 51.5 Å². The fourth-order valence-electron chi connectivity index (χ4n) is 4.37. The van der Waals surface area contributed by atoms with Gasteiger partial charge in [-0.1, -0.05) is 41.5 Å². The first-order chi connectivity index (χ1) is 12.4. The second-order valence-corrected chi connectivity index (χ2v) is 15.4. The van der Waals surface area contributed by atoms with Crippen LogP contribution in [0, 0.1) is 0 Å². The molecule has 2 aromatic rings. The molecule has 0 radical (unpaired) electrons. The highest BCUT2D eigenvalue weighted by Crippen LogP contribution is 2.60. The molecule has 0 bridgehead atoms. The van der Waals surface area contributed by atoms with Crippen molar-refractivity contribution in [2.75, 3.05) is 41.6 Å². The minimum absolute atomic E-state index is 0.737. The predicted molar refractivity (Wildman–Crippen MR) is 124 cm³/mol. The van der Waals surface area contributed by atoms with Crippen molar-refractivity contribution in [3.63, 3.8) is 0 Å². The van der Waals surface area contributed by atoms with Gasteiger partial charge in [0, 0.05) is 22.8 Å². The average molecular weight is 398 g/mol. The molecule has 0 aliphatic carbocycles. The van der Waals surface area contributed by atoms with E-state index in [1.807, 2.05) is 7.11 Å². The number of aromatic nitrogens is 1. The molecule has 0 unspecified atom stereocenters. The first-order valence-electron chi connectivity index (χ1n) is 10.1. The van der Waals surface area contributed by atoms with E-state index in [1.165, 1.54) is 50.3 Å². The Morgan fingerprint density at radius 3 is 1.69 bits per heavy atom. The highest BCUT2D eigenvalue weighted by Gasteiger charge is 2.28. The summed E-state index contributed by atoms with van der Waals surface area (Å²) in [6, 6.07) is 7.23. The molecule has 4 heteroatoms. The molecule has 2 rings (SSSR count). The molecule has 0 aliphatic rings. The number of methoxy groups -OCH3 is 1. The molecule has 0 spiro atoms. The van der Waals surface area contributed by atoms with Crippen molar-refractivity contribution in [3.05, 3.63) is 18.2 Å². The Hall–Kier alpha value is -0.740. The summed E-state index contributed by atoms with van der Waals surface area (Å²) in [4.78, 5) is 1.47. The highest BCUT2D eigenvalue weighted by atomic mass is 32.3. The van der Waals surface area contributed by atoms with Crippen LogP contribution in [0.25, 0.3) is 10.9 Å². The van der Waals surface area contributed by atoms with Gasteiger partial charge < -0.3 is 9.30 Å². The van der Waals surface area contributed by atoms with Gasteiger partial charge in [0.15, 0.2) is 0 Å². The van der Waals surface area contributed by atoms with Crippen molar-refractivity contribution in [1.82, 2.24) is 4.57 Å². The van der Waals surface area contributed by atoms with Gasteiger partial charge in [0.2, 0.25) is 0 Å². The minimum Gasteiger partial charge on any atom is -0.496 e. The van der Waals surface area contributed by atoms with Crippen LogP contribution in [0.1, 0.15) is 41.5 Å². The largest absolute Gasteiger partial charge is 0.496 e. The molecule has 0 N–H and O–H groups in total. The molecule has 0 fully saturated rings. The molecular weight excluding hydrogens is 358 g/mol.